The van der Waals surface area contributed by atoms with Crippen molar-refractivity contribution in [1.29, 1.82) is 0 Å². The Kier molecular flexibility index (Phi) is 6.08. The molecule has 0 aromatic heterocycles. The molecule has 3 saturated heterocycles. The highest BCUT2D eigenvalue weighted by molar-refractivity contribution is 5.79. The van der Waals surface area contributed by atoms with E-state index in [1.54, 1.807) is 0 Å². The van der Waals surface area contributed by atoms with Crippen LogP contribution < -0.4 is 0 Å². The molecule has 136 valence electrons. The Morgan fingerprint density at radius 3 is 2.42 bits per heavy atom. The summed E-state index contributed by atoms with van der Waals surface area (Å²) in [5.41, 5.74) is 0. The number of carbonyl (C=O) groups excluding carboxylic acids is 2. The van der Waals surface area contributed by atoms with Crippen molar-refractivity contribution >= 4 is 11.9 Å². The van der Waals surface area contributed by atoms with Crippen molar-refractivity contribution in [2.24, 2.45) is 5.92 Å². The number of hydrogen-bond acceptors (Lipinski definition) is 6. The molecule has 7 nitrogen and oxygen atoms in total. The molecule has 3 rings (SSSR count). The Labute approximate surface area is 143 Å². The molecular formula is C17H28N2O5. The van der Waals surface area contributed by atoms with Crippen LogP contribution in [0.15, 0.2) is 0 Å². The number of carbonyl (C=O) groups is 2. The molecule has 1 atom stereocenters. The minimum Gasteiger partial charge on any atom is -0.469 e. The Morgan fingerprint density at radius 2 is 1.75 bits per heavy atom. The first-order valence-corrected chi connectivity index (χ1v) is 9.02. The minimum absolute atomic E-state index is 0.0675. The molecule has 3 aliphatic heterocycles. The molecule has 24 heavy (non-hydrogen) atoms. The molecule has 3 aliphatic rings. The molecule has 0 aromatic rings. The zero-order valence-electron chi connectivity index (χ0n) is 14.4. The fourth-order valence-electron chi connectivity index (χ4n) is 3.93. The van der Waals surface area contributed by atoms with Gasteiger partial charge in [-0.2, -0.15) is 0 Å². The summed E-state index contributed by atoms with van der Waals surface area (Å²) < 4.78 is 16.1. The van der Waals surface area contributed by atoms with Crippen molar-refractivity contribution in [2.45, 2.75) is 44.4 Å². The Bertz CT molecular complexity index is 444. The maximum atomic E-state index is 12.7. The lowest BCUT2D eigenvalue weighted by atomic mass is 9.97. The monoisotopic (exact) mass is 340 g/mol. The van der Waals surface area contributed by atoms with Crippen molar-refractivity contribution in [3.8, 4) is 0 Å². The number of esters is 1. The van der Waals surface area contributed by atoms with Gasteiger partial charge in [-0.1, -0.05) is 6.42 Å². The van der Waals surface area contributed by atoms with Crippen molar-refractivity contribution in [1.82, 2.24) is 9.80 Å². The molecule has 3 fully saturated rings. The van der Waals surface area contributed by atoms with Crippen LogP contribution in [0.25, 0.3) is 0 Å². The topological polar surface area (TPSA) is 68.3 Å². The van der Waals surface area contributed by atoms with E-state index in [1.165, 1.54) is 7.11 Å². The van der Waals surface area contributed by atoms with Crippen LogP contribution in [0.5, 0.6) is 0 Å². The molecule has 0 spiro atoms. The van der Waals surface area contributed by atoms with E-state index < -0.39 is 0 Å². The van der Waals surface area contributed by atoms with E-state index in [0.29, 0.717) is 45.7 Å². The molecule has 1 amide bonds. The lowest BCUT2D eigenvalue weighted by Crippen LogP contribution is -2.52. The summed E-state index contributed by atoms with van der Waals surface area (Å²) in [6, 6.07) is 0.179. The van der Waals surface area contributed by atoms with Crippen LogP contribution in [0.4, 0.5) is 0 Å². The van der Waals surface area contributed by atoms with Crippen LogP contribution in [0.3, 0.4) is 0 Å². The first-order chi connectivity index (χ1) is 11.7. The second-order valence-corrected chi connectivity index (χ2v) is 6.82. The van der Waals surface area contributed by atoms with E-state index in [-0.39, 0.29) is 30.1 Å². The van der Waals surface area contributed by atoms with Gasteiger partial charge in [0.1, 0.15) is 0 Å². The van der Waals surface area contributed by atoms with Crippen molar-refractivity contribution in [3.63, 3.8) is 0 Å². The largest absolute Gasteiger partial charge is 0.469 e. The molecule has 0 aromatic carbocycles. The normalized spacial score (nSPS) is 27.4. The van der Waals surface area contributed by atoms with Crippen LogP contribution in [0.1, 0.15) is 32.1 Å². The van der Waals surface area contributed by atoms with Gasteiger partial charge in [0.2, 0.25) is 5.91 Å². The summed E-state index contributed by atoms with van der Waals surface area (Å²) >= 11 is 0. The number of nitrogens with zero attached hydrogens (tertiary/aromatic N) is 2. The van der Waals surface area contributed by atoms with Crippen LogP contribution in [0.2, 0.25) is 0 Å². The van der Waals surface area contributed by atoms with Gasteiger partial charge in [-0.15, -0.1) is 0 Å². The lowest BCUT2D eigenvalue weighted by molar-refractivity contribution is -0.150. The average molecular weight is 340 g/mol. The quantitative estimate of drug-likeness (QED) is 0.699. The first-order valence-electron chi connectivity index (χ1n) is 9.02. The third kappa shape index (κ3) is 4.07. The molecule has 0 saturated carbocycles. The minimum atomic E-state index is -0.192. The standard InChI is InChI=1S/C17H28N2O5/c1-22-16(21)13-5-8-18(9-6-13)15(20)12-19-7-3-2-4-14(19)17-23-10-11-24-17/h13-14,17H,2-12H2,1H3/t14-/m0/s1. The van der Waals surface area contributed by atoms with Crippen molar-refractivity contribution in [3.05, 3.63) is 0 Å². The van der Waals surface area contributed by atoms with E-state index in [1.807, 2.05) is 4.90 Å². The third-order valence-electron chi connectivity index (χ3n) is 5.35. The van der Waals surface area contributed by atoms with Crippen LogP contribution >= 0.6 is 0 Å². The fraction of sp³-hybridized carbons (Fsp3) is 0.882. The highest BCUT2D eigenvalue weighted by Crippen LogP contribution is 2.25. The Morgan fingerprint density at radius 1 is 1.04 bits per heavy atom. The van der Waals surface area contributed by atoms with Gasteiger partial charge >= 0.3 is 5.97 Å². The Hall–Kier alpha value is -1.18. The molecule has 7 heteroatoms. The molecule has 0 aliphatic carbocycles. The molecule has 0 N–H and O–H groups in total. The van der Waals surface area contributed by atoms with Crippen LogP contribution in [-0.4, -0.2) is 80.5 Å². The lowest BCUT2D eigenvalue weighted by Gasteiger charge is -2.39. The first kappa shape index (κ1) is 17.6. The SMILES string of the molecule is COC(=O)C1CCN(C(=O)CN2CCCC[C@H]2C2OCCO2)CC1. The smallest absolute Gasteiger partial charge is 0.308 e. The van der Waals surface area contributed by atoms with Gasteiger partial charge < -0.3 is 19.1 Å². The van der Waals surface area contributed by atoms with Gasteiger partial charge in [0.25, 0.3) is 0 Å². The summed E-state index contributed by atoms with van der Waals surface area (Å²) in [7, 11) is 1.42. The second-order valence-electron chi connectivity index (χ2n) is 6.82. The van der Waals surface area contributed by atoms with Gasteiger partial charge in [-0.3, -0.25) is 14.5 Å². The summed E-state index contributed by atoms with van der Waals surface area (Å²) in [6.07, 6.45) is 4.47. The fourth-order valence-corrected chi connectivity index (χ4v) is 3.93. The second kappa shape index (κ2) is 8.27. The van der Waals surface area contributed by atoms with Gasteiger partial charge in [0.05, 0.1) is 38.8 Å². The van der Waals surface area contributed by atoms with E-state index in [9.17, 15) is 9.59 Å². The van der Waals surface area contributed by atoms with E-state index >= 15 is 0 Å². The maximum absolute atomic E-state index is 12.7. The van der Waals surface area contributed by atoms with Gasteiger partial charge in [0, 0.05) is 13.1 Å². The number of likely N-dealkylation sites (tertiary alicyclic amines) is 2. The number of ether oxygens (including phenoxy) is 3. The highest BCUT2D eigenvalue weighted by Gasteiger charge is 2.36. The summed E-state index contributed by atoms with van der Waals surface area (Å²) in [4.78, 5) is 28.3. The van der Waals surface area contributed by atoms with Gasteiger partial charge in [0.15, 0.2) is 6.29 Å². The average Bonchev–Trinajstić information content (AvgIpc) is 3.16. The molecule has 0 bridgehead atoms. The number of hydrogen-bond donors (Lipinski definition) is 0. The number of piperidine rings is 2. The summed E-state index contributed by atoms with van der Waals surface area (Å²) in [5, 5.41) is 0. The van der Waals surface area contributed by atoms with Crippen molar-refractivity contribution in [2.75, 3.05) is 46.5 Å². The number of amides is 1. The number of methoxy groups -OCH3 is 1. The van der Waals surface area contributed by atoms with Crippen molar-refractivity contribution < 1.29 is 23.8 Å². The zero-order chi connectivity index (χ0) is 16.9. The van der Waals surface area contributed by atoms with Crippen LogP contribution in [0, 0.1) is 5.92 Å². The van der Waals surface area contributed by atoms with E-state index in [0.717, 1.165) is 25.8 Å². The summed E-state index contributed by atoms with van der Waals surface area (Å²) in [6.45, 7) is 3.88. The Balaban J connectivity index is 1.51. The van der Waals surface area contributed by atoms with Crippen LogP contribution in [-0.2, 0) is 23.8 Å². The van der Waals surface area contributed by atoms with Gasteiger partial charge in [-0.25, -0.2) is 0 Å². The van der Waals surface area contributed by atoms with E-state index in [4.69, 9.17) is 14.2 Å². The zero-order valence-corrected chi connectivity index (χ0v) is 14.4. The maximum Gasteiger partial charge on any atom is 0.308 e. The predicted molar refractivity (Wildman–Crippen MR) is 86.2 cm³/mol. The van der Waals surface area contributed by atoms with Gasteiger partial charge in [-0.05, 0) is 32.2 Å². The molecule has 0 unspecified atom stereocenters. The third-order valence-corrected chi connectivity index (χ3v) is 5.35. The van der Waals surface area contributed by atoms with E-state index in [2.05, 4.69) is 4.90 Å². The number of rotatable bonds is 4. The molecule has 3 heterocycles. The molecule has 0 radical (unpaired) electrons. The highest BCUT2D eigenvalue weighted by atomic mass is 16.7. The summed E-state index contributed by atoms with van der Waals surface area (Å²) in [5.74, 6) is -0.0842. The predicted octanol–water partition coefficient (Wildman–Crippen LogP) is 0.625. The molecular weight excluding hydrogens is 312 g/mol.